The maximum absolute atomic E-state index is 9.44. The first-order valence-corrected chi connectivity index (χ1v) is 3.40. The van der Waals surface area contributed by atoms with Crippen LogP contribution in [0, 0.1) is 0 Å². The Hall–Kier alpha value is -0.120. The molecule has 0 unspecified atom stereocenters. The van der Waals surface area contributed by atoms with Crippen molar-refractivity contribution in [2.45, 2.75) is 20.0 Å². The van der Waals surface area contributed by atoms with E-state index in [1.165, 1.54) is 13.8 Å². The molecule has 1 atom stereocenters. The highest BCUT2D eigenvalue weighted by Gasteiger charge is 1.94. The quantitative estimate of drug-likeness (QED) is 0.579. The topological polar surface area (TPSA) is 57.5 Å². The molecule has 0 aromatic carbocycles. The van der Waals surface area contributed by atoms with E-state index >= 15 is 0 Å². The van der Waals surface area contributed by atoms with Crippen molar-refractivity contribution in [1.82, 2.24) is 0 Å². The Balaban J connectivity index is 0. The Morgan fingerprint density at radius 3 is 1.90 bits per heavy atom. The van der Waals surface area contributed by atoms with Crippen LogP contribution in [0.2, 0.25) is 0 Å². The van der Waals surface area contributed by atoms with Crippen LogP contribution < -0.4 is 0 Å². The number of alkyl halides is 1. The van der Waals surface area contributed by atoms with Crippen LogP contribution in [0.4, 0.5) is 0 Å². The molecule has 0 rings (SSSR count). The molecule has 0 aromatic heterocycles. The average Bonchev–Trinajstić information content (AvgIpc) is 1.85. The van der Waals surface area contributed by atoms with E-state index in [9.17, 15) is 4.79 Å². The molecule has 0 aliphatic rings. The average molecular weight is 169 g/mol. The minimum atomic E-state index is -0.744. The number of hydrogen-bond donors (Lipinski definition) is 2. The first-order chi connectivity index (χ1) is 4.54. The molecular weight excluding hydrogens is 156 g/mol. The zero-order valence-electron chi connectivity index (χ0n) is 6.17. The maximum atomic E-state index is 9.44. The number of rotatable bonds is 2. The van der Waals surface area contributed by atoms with Gasteiger partial charge < -0.3 is 15.0 Å². The van der Waals surface area contributed by atoms with E-state index in [0.29, 0.717) is 0 Å². The van der Waals surface area contributed by atoms with E-state index in [4.69, 9.17) is 21.8 Å². The van der Waals surface area contributed by atoms with E-state index in [-0.39, 0.29) is 18.3 Å². The van der Waals surface area contributed by atoms with Gasteiger partial charge in [0.15, 0.2) is 0 Å². The molecule has 0 bridgehead atoms. The lowest BCUT2D eigenvalue weighted by molar-refractivity contribution is -0.114. The van der Waals surface area contributed by atoms with Gasteiger partial charge in [-0.05, 0) is 13.8 Å². The van der Waals surface area contributed by atoms with Crippen LogP contribution in [-0.4, -0.2) is 34.6 Å². The first-order valence-electron chi connectivity index (χ1n) is 2.86. The minimum Gasteiger partial charge on any atom is -0.394 e. The Bertz CT molecular complexity index is 77.1. The third kappa shape index (κ3) is 24.8. The summed E-state index contributed by atoms with van der Waals surface area (Å²) in [4.78, 5) is 9.44. The molecule has 0 aliphatic carbocycles. The standard InChI is InChI=1S/C3H7ClO2.C3H6O/c4-1-3(6)2-5;1-3(2)4/h3,5-6H,1-2H2;1-2H3/t3-;/m0./s1. The predicted octanol–water partition coefficient (Wildman–Crippen LogP) is 0.174. The molecule has 0 amide bonds. The number of halogens is 1. The lowest BCUT2D eigenvalue weighted by Gasteiger charge is -1.95. The number of aliphatic hydroxyl groups is 2. The second kappa shape index (κ2) is 8.88. The number of aliphatic hydroxyl groups excluding tert-OH is 2. The highest BCUT2D eigenvalue weighted by atomic mass is 35.5. The van der Waals surface area contributed by atoms with Crippen molar-refractivity contribution >= 4 is 17.4 Å². The van der Waals surface area contributed by atoms with Gasteiger partial charge in [-0.2, -0.15) is 0 Å². The molecule has 0 aromatic rings. The summed E-state index contributed by atoms with van der Waals surface area (Å²) in [5.74, 6) is 0.274. The highest BCUT2D eigenvalue weighted by molar-refractivity contribution is 6.18. The smallest absolute Gasteiger partial charge is 0.126 e. The molecule has 0 saturated heterocycles. The molecule has 4 heteroatoms. The van der Waals surface area contributed by atoms with Gasteiger partial charge >= 0.3 is 0 Å². The SMILES string of the molecule is CC(C)=O.OC[C@@H](O)CCl. The number of ketones is 1. The van der Waals surface area contributed by atoms with Crippen molar-refractivity contribution in [1.29, 1.82) is 0 Å². The molecule has 2 N–H and O–H groups in total. The highest BCUT2D eigenvalue weighted by Crippen LogP contribution is 1.81. The van der Waals surface area contributed by atoms with E-state index in [1.807, 2.05) is 0 Å². The van der Waals surface area contributed by atoms with Gasteiger partial charge in [0, 0.05) is 0 Å². The summed E-state index contributed by atoms with van der Waals surface area (Å²) in [5, 5.41) is 16.3. The van der Waals surface area contributed by atoms with Crippen molar-refractivity contribution in [2.75, 3.05) is 12.5 Å². The van der Waals surface area contributed by atoms with Gasteiger partial charge in [0.2, 0.25) is 0 Å². The molecule has 10 heavy (non-hydrogen) atoms. The van der Waals surface area contributed by atoms with Gasteiger partial charge in [-0.25, -0.2) is 0 Å². The fourth-order valence-electron chi connectivity index (χ4n) is 0.0488. The first kappa shape index (κ1) is 12.5. The summed E-state index contributed by atoms with van der Waals surface area (Å²) in [7, 11) is 0. The fraction of sp³-hybridized carbons (Fsp3) is 0.833. The van der Waals surface area contributed by atoms with E-state index < -0.39 is 6.10 Å². The normalized spacial score (nSPS) is 11.3. The molecule has 0 fully saturated rings. The molecule has 0 saturated carbocycles. The van der Waals surface area contributed by atoms with Crippen LogP contribution in [-0.2, 0) is 4.79 Å². The van der Waals surface area contributed by atoms with Gasteiger partial charge in [-0.15, -0.1) is 11.6 Å². The summed E-state index contributed by atoms with van der Waals surface area (Å²) in [6.45, 7) is 2.81. The van der Waals surface area contributed by atoms with Gasteiger partial charge in [0.25, 0.3) is 0 Å². The van der Waals surface area contributed by atoms with Crippen LogP contribution in [0.25, 0.3) is 0 Å². The Labute approximate surface area is 65.6 Å². The summed E-state index contributed by atoms with van der Waals surface area (Å²) >= 11 is 5.04. The van der Waals surface area contributed by atoms with Crippen molar-refractivity contribution in [2.24, 2.45) is 0 Å². The van der Waals surface area contributed by atoms with Gasteiger partial charge in [-0.1, -0.05) is 0 Å². The number of hydrogen-bond acceptors (Lipinski definition) is 3. The van der Waals surface area contributed by atoms with Crippen molar-refractivity contribution in [3.63, 3.8) is 0 Å². The summed E-state index contributed by atoms with van der Waals surface area (Å²) in [6, 6.07) is 0. The summed E-state index contributed by atoms with van der Waals surface area (Å²) in [5.41, 5.74) is 0. The van der Waals surface area contributed by atoms with Crippen LogP contribution in [0.5, 0.6) is 0 Å². The second-order valence-electron chi connectivity index (χ2n) is 1.90. The van der Waals surface area contributed by atoms with Gasteiger partial charge in [0.1, 0.15) is 5.78 Å². The fourth-order valence-corrected chi connectivity index (χ4v) is 0.146. The monoisotopic (exact) mass is 168 g/mol. The van der Waals surface area contributed by atoms with Crippen LogP contribution in [0.3, 0.4) is 0 Å². The van der Waals surface area contributed by atoms with Crippen molar-refractivity contribution in [3.05, 3.63) is 0 Å². The zero-order valence-corrected chi connectivity index (χ0v) is 6.93. The zero-order chi connectivity index (χ0) is 8.57. The van der Waals surface area contributed by atoms with Crippen molar-refractivity contribution < 1.29 is 15.0 Å². The third-order valence-electron chi connectivity index (χ3n) is 0.389. The van der Waals surface area contributed by atoms with Crippen LogP contribution in [0.15, 0.2) is 0 Å². The second-order valence-corrected chi connectivity index (χ2v) is 2.21. The molecule has 0 aliphatic heterocycles. The van der Waals surface area contributed by atoms with E-state index in [2.05, 4.69) is 0 Å². The van der Waals surface area contributed by atoms with Gasteiger partial charge in [-0.3, -0.25) is 0 Å². The Kier molecular flexibility index (Phi) is 11.1. The lowest BCUT2D eigenvalue weighted by Crippen LogP contribution is -2.12. The molecule has 62 valence electrons. The molecule has 0 spiro atoms. The maximum Gasteiger partial charge on any atom is 0.126 e. The number of Topliss-reactive ketones (excluding diaryl/α,β-unsaturated/α-hetero) is 1. The molecule has 0 heterocycles. The van der Waals surface area contributed by atoms with E-state index in [0.717, 1.165) is 0 Å². The minimum absolute atomic E-state index is 0.108. The number of carbonyl (C=O) groups excluding carboxylic acids is 1. The summed E-state index contributed by atoms with van der Waals surface area (Å²) < 4.78 is 0. The lowest BCUT2D eigenvalue weighted by atomic mass is 10.5. The Morgan fingerprint density at radius 2 is 1.90 bits per heavy atom. The van der Waals surface area contributed by atoms with Crippen LogP contribution in [0.1, 0.15) is 13.8 Å². The third-order valence-corrected chi connectivity index (χ3v) is 0.745. The van der Waals surface area contributed by atoms with E-state index in [1.54, 1.807) is 0 Å². The largest absolute Gasteiger partial charge is 0.394 e. The molecule has 0 radical (unpaired) electrons. The van der Waals surface area contributed by atoms with Crippen LogP contribution >= 0.6 is 11.6 Å². The molecule has 3 nitrogen and oxygen atoms in total. The predicted molar refractivity (Wildman–Crippen MR) is 40.2 cm³/mol. The number of carbonyl (C=O) groups is 1. The molecular formula is C6H13ClO3. The summed E-state index contributed by atoms with van der Waals surface area (Å²) in [6.07, 6.45) is -0.744. The van der Waals surface area contributed by atoms with Crippen molar-refractivity contribution in [3.8, 4) is 0 Å². The Morgan fingerprint density at radius 1 is 1.60 bits per heavy atom. The van der Waals surface area contributed by atoms with Gasteiger partial charge in [0.05, 0.1) is 18.6 Å².